The van der Waals surface area contributed by atoms with Gasteiger partial charge in [-0.1, -0.05) is 140 Å². The second kappa shape index (κ2) is 23.1. The van der Waals surface area contributed by atoms with Gasteiger partial charge in [0.25, 0.3) is 11.5 Å². The van der Waals surface area contributed by atoms with E-state index in [9.17, 15) is 110 Å². The highest BCUT2D eigenvalue weighted by atomic mass is 19.4. The highest BCUT2D eigenvalue weighted by Crippen LogP contribution is 2.42. The standard InChI is InChI=1S/C32H12BF24.C31H22NO/c34-25(35,36)13-1-14(26(37,38)39)6-21(5-13)33(22-7-15(27(40,41)42)2-16(8-22)28(43,44)45,23-9-17(29(46,47)48)3-18(10-23)30(49,50)51)24-11-19(31(52,53)54)4-20(12-24)32(55,56)57;33-31(30-26-15-7-4-13-24(26)20-25-14-5-8-16-27(25)30)29-19-18-23-12-6-9-17-28(23)32(29)21-22-10-2-1-3-11-22/h1-12H;1-20H,21H2/q-1;+1. The summed E-state index contributed by atoms with van der Waals surface area (Å²) in [4.78, 5) is 14.3. The molecule has 0 atom stereocenters. The summed E-state index contributed by atoms with van der Waals surface area (Å²) >= 11 is 0. The summed E-state index contributed by atoms with van der Waals surface area (Å²) in [6.45, 7) is 0.631. The van der Waals surface area contributed by atoms with E-state index in [0.29, 0.717) is 12.2 Å². The lowest BCUT2D eigenvalue weighted by Crippen LogP contribution is -2.75. The number of rotatable bonds is 8. The SMILES string of the molecule is FC(F)(F)c1cc([B-](c2cc(C(F)(F)F)cc(C(F)(F)F)c2)(c2cc(C(F)(F)F)cc(C(F)(F)F)c2)c2cc(C(F)(F)F)cc(C(F)(F)F)c2)cc(C(F)(F)F)c1.O=C(c1c2ccccc2cc2ccccc12)c1ccc2ccccc2[n+]1Cc1ccccc1. The average molecular weight is 1290 g/mol. The normalized spacial score (nSPS) is 13.2. The van der Waals surface area contributed by atoms with Gasteiger partial charge in [-0.2, -0.15) is 132 Å². The largest absolute Gasteiger partial charge is 0.416 e. The molecule has 9 aromatic carbocycles. The number of aromatic nitrogens is 1. The molecule has 10 aromatic rings. The number of carbonyl (C=O) groups is 1. The third-order valence-corrected chi connectivity index (χ3v) is 14.8. The van der Waals surface area contributed by atoms with Crippen molar-refractivity contribution in [2.45, 2.75) is 56.0 Å². The van der Waals surface area contributed by atoms with Gasteiger partial charge in [-0.3, -0.25) is 4.79 Å². The van der Waals surface area contributed by atoms with Crippen LogP contribution in [-0.2, 0) is 56.0 Å². The van der Waals surface area contributed by atoms with E-state index in [2.05, 4.69) is 65.2 Å². The summed E-state index contributed by atoms with van der Waals surface area (Å²) in [5.41, 5.74) is -26.5. The smallest absolute Gasteiger partial charge is 0.282 e. The Kier molecular flexibility index (Phi) is 16.8. The highest BCUT2D eigenvalue weighted by molar-refractivity contribution is 7.20. The topological polar surface area (TPSA) is 20.9 Å². The number of pyridine rings is 1. The zero-order chi connectivity index (χ0) is 66.1. The molecule has 0 fully saturated rings. The molecule has 0 N–H and O–H groups in total. The summed E-state index contributed by atoms with van der Waals surface area (Å²) in [5, 5.41) is 5.25. The third-order valence-electron chi connectivity index (χ3n) is 14.8. The van der Waals surface area contributed by atoms with E-state index in [-0.39, 0.29) is 5.78 Å². The van der Waals surface area contributed by atoms with E-state index < -0.39 is 195 Å². The number of halogens is 24. The van der Waals surface area contributed by atoms with Crippen molar-refractivity contribution in [1.29, 1.82) is 0 Å². The lowest BCUT2D eigenvalue weighted by molar-refractivity contribution is -0.664. The van der Waals surface area contributed by atoms with Crippen molar-refractivity contribution < 1.29 is 115 Å². The first kappa shape index (κ1) is 65.4. The number of ketones is 1. The monoisotopic (exact) mass is 1290 g/mol. The number of benzene rings is 9. The number of nitrogens with zero attached hydrogens (tertiary/aromatic N) is 1. The lowest BCUT2D eigenvalue weighted by atomic mass is 9.12. The zero-order valence-electron chi connectivity index (χ0n) is 44.7. The molecule has 0 unspecified atom stereocenters. The minimum Gasteiger partial charge on any atom is -0.282 e. The zero-order valence-corrected chi connectivity index (χ0v) is 44.7. The van der Waals surface area contributed by atoms with Crippen molar-refractivity contribution in [2.75, 3.05) is 0 Å². The van der Waals surface area contributed by atoms with Crippen molar-refractivity contribution in [2.24, 2.45) is 0 Å². The van der Waals surface area contributed by atoms with Crippen molar-refractivity contribution in [1.82, 2.24) is 0 Å². The Bertz CT molecular complexity index is 3870. The number of para-hydroxylation sites is 1. The second-order valence-electron chi connectivity index (χ2n) is 20.6. The number of hydrogen-bond acceptors (Lipinski definition) is 1. The Labute approximate surface area is 491 Å². The maximum atomic E-state index is 14.3. The van der Waals surface area contributed by atoms with Gasteiger partial charge < -0.3 is 0 Å². The van der Waals surface area contributed by atoms with Gasteiger partial charge in [-0.15, -0.1) is 0 Å². The van der Waals surface area contributed by atoms with E-state index in [1.54, 1.807) is 0 Å². The maximum absolute atomic E-state index is 14.3. The van der Waals surface area contributed by atoms with Crippen LogP contribution in [0.3, 0.4) is 0 Å². The fraction of sp³-hybridized carbons (Fsp3) is 0.143. The van der Waals surface area contributed by atoms with Gasteiger partial charge in [0.1, 0.15) is 6.15 Å². The molecule has 27 heteroatoms. The molecule has 2 nitrogen and oxygen atoms in total. The molecule has 1 heterocycles. The molecule has 0 aliphatic rings. The van der Waals surface area contributed by atoms with Crippen molar-refractivity contribution in [3.63, 3.8) is 0 Å². The Balaban J connectivity index is 0.000000244. The van der Waals surface area contributed by atoms with Crippen LogP contribution in [0.15, 0.2) is 194 Å². The molecule has 0 aliphatic carbocycles. The predicted molar refractivity (Wildman–Crippen MR) is 285 cm³/mol. The fourth-order valence-electron chi connectivity index (χ4n) is 10.9. The Morgan fingerprint density at radius 2 is 0.578 bits per heavy atom. The van der Waals surface area contributed by atoms with Crippen LogP contribution in [0.2, 0.25) is 0 Å². The number of carbonyl (C=O) groups excluding carboxylic acids is 1. The number of fused-ring (bicyclic) bond motifs is 3. The Hall–Kier alpha value is -9.04. The molecule has 0 aliphatic heterocycles. The van der Waals surface area contributed by atoms with Crippen LogP contribution in [-0.4, -0.2) is 11.9 Å². The molecule has 0 saturated carbocycles. The van der Waals surface area contributed by atoms with Gasteiger partial charge in [0.05, 0.1) is 44.5 Å². The van der Waals surface area contributed by atoms with E-state index >= 15 is 0 Å². The molecular weight excluding hydrogens is 1250 g/mol. The van der Waals surface area contributed by atoms with Crippen molar-refractivity contribution >= 4 is 66.2 Å². The highest BCUT2D eigenvalue weighted by Gasteiger charge is 2.47. The first-order valence-corrected chi connectivity index (χ1v) is 25.8. The van der Waals surface area contributed by atoms with Crippen LogP contribution in [0.4, 0.5) is 105 Å². The lowest BCUT2D eigenvalue weighted by Gasteiger charge is -2.46. The van der Waals surface area contributed by atoms with Crippen LogP contribution in [0, 0.1) is 0 Å². The van der Waals surface area contributed by atoms with E-state index in [1.165, 1.54) is 0 Å². The van der Waals surface area contributed by atoms with Gasteiger partial charge in [-0.05, 0) is 64.0 Å². The van der Waals surface area contributed by atoms with E-state index in [0.717, 1.165) is 43.6 Å². The molecule has 0 saturated heterocycles. The van der Waals surface area contributed by atoms with Gasteiger partial charge in [0, 0.05) is 28.6 Å². The molecule has 0 spiro atoms. The molecule has 10 rings (SSSR count). The molecular formula is C63H34BF24NO. The van der Waals surface area contributed by atoms with Crippen LogP contribution >= 0.6 is 0 Å². The average Bonchev–Trinajstić information content (AvgIpc) is 0.712. The molecule has 90 heavy (non-hydrogen) atoms. The van der Waals surface area contributed by atoms with Crippen LogP contribution in [0.1, 0.15) is 66.1 Å². The summed E-state index contributed by atoms with van der Waals surface area (Å²) in [6, 6.07) is 32.3. The minimum atomic E-state index is -6.13. The number of alkyl halides is 24. The predicted octanol–water partition coefficient (Wildman–Crippen LogP) is 17.9. The van der Waals surface area contributed by atoms with Crippen molar-refractivity contribution in [3.8, 4) is 0 Å². The van der Waals surface area contributed by atoms with Gasteiger partial charge in [0.15, 0.2) is 6.54 Å². The maximum Gasteiger partial charge on any atom is 0.416 e. The molecule has 0 bridgehead atoms. The summed E-state index contributed by atoms with van der Waals surface area (Å²) in [5.74, 6) is 0.0460. The molecule has 0 amide bonds. The minimum absolute atomic E-state index is 0.0460. The first-order chi connectivity index (χ1) is 41.6. The van der Waals surface area contributed by atoms with Gasteiger partial charge in [0.2, 0.25) is 5.52 Å². The number of hydrogen-bond donors (Lipinski definition) is 0. The Morgan fingerprint density at radius 1 is 0.300 bits per heavy atom. The fourth-order valence-corrected chi connectivity index (χ4v) is 10.9. The molecule has 1 aromatic heterocycles. The quantitative estimate of drug-likeness (QED) is 0.0488. The second-order valence-corrected chi connectivity index (χ2v) is 20.6. The third kappa shape index (κ3) is 13.4. The summed E-state index contributed by atoms with van der Waals surface area (Å²) in [6.07, 6.45) is -54.8. The first-order valence-electron chi connectivity index (χ1n) is 25.8. The van der Waals surface area contributed by atoms with Crippen LogP contribution in [0.25, 0.3) is 32.4 Å². The van der Waals surface area contributed by atoms with E-state index in [4.69, 9.17) is 0 Å². The van der Waals surface area contributed by atoms with Crippen LogP contribution < -0.4 is 26.4 Å². The summed E-state index contributed by atoms with van der Waals surface area (Å²) in [7, 11) is 0. The van der Waals surface area contributed by atoms with E-state index in [1.807, 2.05) is 60.7 Å². The van der Waals surface area contributed by atoms with Gasteiger partial charge >= 0.3 is 49.4 Å². The van der Waals surface area contributed by atoms with Crippen molar-refractivity contribution in [3.05, 3.63) is 255 Å². The molecule has 0 radical (unpaired) electrons. The molecule has 468 valence electrons. The summed E-state index contributed by atoms with van der Waals surface area (Å²) < 4.78 is 343. The van der Waals surface area contributed by atoms with Crippen LogP contribution in [0.5, 0.6) is 0 Å². The van der Waals surface area contributed by atoms with Gasteiger partial charge in [-0.25, -0.2) is 0 Å². The Morgan fingerprint density at radius 3 is 0.889 bits per heavy atom.